The topological polar surface area (TPSA) is 52.6 Å². The molecule has 0 fully saturated rings. The Morgan fingerprint density at radius 2 is 1.72 bits per heavy atom. The van der Waals surface area contributed by atoms with E-state index in [0.717, 1.165) is 22.3 Å². The van der Waals surface area contributed by atoms with Gasteiger partial charge < -0.3 is 9.47 Å². The molecule has 0 unspecified atom stereocenters. The molecule has 1 aliphatic carbocycles. The van der Waals surface area contributed by atoms with Crippen molar-refractivity contribution in [1.82, 2.24) is 0 Å². The summed E-state index contributed by atoms with van der Waals surface area (Å²) in [6.07, 6.45) is 4.00. The first-order valence-corrected chi connectivity index (χ1v) is 11.5. The van der Waals surface area contributed by atoms with Gasteiger partial charge in [-0.2, -0.15) is 0 Å². The van der Waals surface area contributed by atoms with Crippen molar-refractivity contribution in [3.05, 3.63) is 70.5 Å². The number of fused-ring (bicyclic) bond motifs is 1. The summed E-state index contributed by atoms with van der Waals surface area (Å²) in [5.74, 6) is -1.54. The molecule has 6 heteroatoms. The summed E-state index contributed by atoms with van der Waals surface area (Å²) in [7, 11) is 0. The Labute approximate surface area is 192 Å². The Hall–Kier alpha value is -2.86. The van der Waals surface area contributed by atoms with Gasteiger partial charge in [-0.1, -0.05) is 18.2 Å². The third-order valence-corrected chi connectivity index (χ3v) is 5.72. The highest BCUT2D eigenvalue weighted by molar-refractivity contribution is 7.98. The maximum Gasteiger partial charge on any atom is 0.344 e. The zero-order valence-corrected chi connectivity index (χ0v) is 19.8. The molecule has 0 saturated carbocycles. The van der Waals surface area contributed by atoms with Gasteiger partial charge >= 0.3 is 11.9 Å². The van der Waals surface area contributed by atoms with Crippen LogP contribution >= 0.6 is 11.8 Å². The molecule has 168 valence electrons. The van der Waals surface area contributed by atoms with Crippen LogP contribution in [0.2, 0.25) is 0 Å². The van der Waals surface area contributed by atoms with E-state index in [-0.39, 0.29) is 12.2 Å². The van der Waals surface area contributed by atoms with E-state index in [0.29, 0.717) is 11.1 Å². The number of halogens is 1. The van der Waals surface area contributed by atoms with Gasteiger partial charge in [0, 0.05) is 4.90 Å². The largest absolute Gasteiger partial charge is 0.457 e. The average Bonchev–Trinajstić information content (AvgIpc) is 2.96. The Balaban J connectivity index is 1.84. The first kappa shape index (κ1) is 23.8. The number of hydrogen-bond donors (Lipinski definition) is 0. The highest BCUT2D eigenvalue weighted by Gasteiger charge is 2.27. The SMILES string of the molecule is CSc1ccc(/C=C2/C(C)=C(CC(=O)OCC(=O)OC(C)(C)C)c3cc(F)ccc32)cc1. The third-order valence-electron chi connectivity index (χ3n) is 4.97. The van der Waals surface area contributed by atoms with Crippen molar-refractivity contribution in [2.24, 2.45) is 0 Å². The molecular weight excluding hydrogens is 427 g/mol. The smallest absolute Gasteiger partial charge is 0.344 e. The van der Waals surface area contributed by atoms with Gasteiger partial charge in [-0.05, 0) is 97.7 Å². The maximum atomic E-state index is 14.0. The zero-order valence-electron chi connectivity index (χ0n) is 19.0. The second-order valence-electron chi connectivity index (χ2n) is 8.55. The Bertz CT molecular complexity index is 1090. The molecule has 0 atom stereocenters. The number of hydrogen-bond acceptors (Lipinski definition) is 5. The number of carbonyl (C=O) groups excluding carboxylic acids is 2. The van der Waals surface area contributed by atoms with Crippen LogP contribution in [0.5, 0.6) is 0 Å². The monoisotopic (exact) mass is 454 g/mol. The second kappa shape index (κ2) is 9.74. The van der Waals surface area contributed by atoms with Crippen LogP contribution in [0, 0.1) is 5.82 Å². The van der Waals surface area contributed by atoms with Crippen LogP contribution in [0.3, 0.4) is 0 Å². The minimum Gasteiger partial charge on any atom is -0.457 e. The van der Waals surface area contributed by atoms with Crippen molar-refractivity contribution in [1.29, 1.82) is 0 Å². The molecule has 0 radical (unpaired) electrons. The van der Waals surface area contributed by atoms with E-state index in [9.17, 15) is 14.0 Å². The van der Waals surface area contributed by atoms with Gasteiger partial charge in [0.05, 0.1) is 6.42 Å². The summed E-state index contributed by atoms with van der Waals surface area (Å²) >= 11 is 1.67. The van der Waals surface area contributed by atoms with E-state index in [2.05, 4.69) is 0 Å². The van der Waals surface area contributed by atoms with Gasteiger partial charge in [0.2, 0.25) is 0 Å². The van der Waals surface area contributed by atoms with Gasteiger partial charge in [-0.25, -0.2) is 9.18 Å². The first-order valence-electron chi connectivity index (χ1n) is 10.3. The molecule has 0 N–H and O–H groups in total. The normalized spacial score (nSPS) is 14.5. The molecule has 0 aromatic heterocycles. The second-order valence-corrected chi connectivity index (χ2v) is 9.43. The van der Waals surface area contributed by atoms with Crippen molar-refractivity contribution < 1.29 is 23.5 Å². The van der Waals surface area contributed by atoms with E-state index in [1.54, 1.807) is 38.6 Å². The number of benzene rings is 2. The molecule has 0 saturated heterocycles. The van der Waals surface area contributed by atoms with Crippen LogP contribution in [0.25, 0.3) is 17.2 Å². The summed E-state index contributed by atoms with van der Waals surface area (Å²) in [6, 6.07) is 12.7. The van der Waals surface area contributed by atoms with Gasteiger partial charge in [0.15, 0.2) is 6.61 Å². The van der Waals surface area contributed by atoms with Crippen molar-refractivity contribution in [3.63, 3.8) is 0 Å². The molecule has 0 heterocycles. The highest BCUT2D eigenvalue weighted by atomic mass is 32.2. The molecule has 0 amide bonds. The van der Waals surface area contributed by atoms with Crippen molar-refractivity contribution in [2.75, 3.05) is 12.9 Å². The van der Waals surface area contributed by atoms with Gasteiger partial charge in [-0.15, -0.1) is 11.8 Å². The fraction of sp³-hybridized carbons (Fsp3) is 0.308. The number of esters is 2. The predicted octanol–water partition coefficient (Wildman–Crippen LogP) is 6.15. The minimum atomic E-state index is -0.655. The quantitative estimate of drug-likeness (QED) is 0.387. The van der Waals surface area contributed by atoms with E-state index in [4.69, 9.17) is 9.47 Å². The Morgan fingerprint density at radius 1 is 1.03 bits per heavy atom. The molecular formula is C26H27FO4S. The van der Waals surface area contributed by atoms with Crippen LogP contribution in [0.1, 0.15) is 50.8 Å². The Kier molecular flexibility index (Phi) is 7.24. The van der Waals surface area contributed by atoms with Crippen LogP contribution in [0.4, 0.5) is 4.39 Å². The molecule has 4 nitrogen and oxygen atoms in total. The zero-order chi connectivity index (χ0) is 23.5. The molecule has 0 aliphatic heterocycles. The molecule has 0 spiro atoms. The van der Waals surface area contributed by atoms with Gasteiger partial charge in [-0.3, -0.25) is 4.79 Å². The molecule has 2 aromatic carbocycles. The van der Waals surface area contributed by atoms with Crippen molar-refractivity contribution >= 4 is 40.9 Å². The van der Waals surface area contributed by atoms with E-state index >= 15 is 0 Å². The highest BCUT2D eigenvalue weighted by Crippen LogP contribution is 2.44. The number of rotatable bonds is 6. The maximum absolute atomic E-state index is 14.0. The van der Waals surface area contributed by atoms with E-state index in [1.807, 2.05) is 43.5 Å². The summed E-state index contributed by atoms with van der Waals surface area (Å²) in [5.41, 5.74) is 4.41. The number of allylic oxidation sites excluding steroid dienone is 2. The van der Waals surface area contributed by atoms with Crippen LogP contribution < -0.4 is 0 Å². The molecule has 3 rings (SSSR count). The molecule has 32 heavy (non-hydrogen) atoms. The van der Waals surface area contributed by atoms with E-state index in [1.165, 1.54) is 17.0 Å². The van der Waals surface area contributed by atoms with Crippen molar-refractivity contribution in [2.45, 2.75) is 44.6 Å². The average molecular weight is 455 g/mol. The van der Waals surface area contributed by atoms with Crippen LogP contribution in [-0.4, -0.2) is 30.4 Å². The fourth-order valence-corrected chi connectivity index (χ4v) is 3.96. The van der Waals surface area contributed by atoms with Crippen LogP contribution in [0.15, 0.2) is 52.9 Å². The van der Waals surface area contributed by atoms with Gasteiger partial charge in [0.1, 0.15) is 11.4 Å². The lowest BCUT2D eigenvalue weighted by Gasteiger charge is -2.19. The minimum absolute atomic E-state index is 0.0617. The number of thioether (sulfide) groups is 1. The lowest BCUT2D eigenvalue weighted by Crippen LogP contribution is -2.27. The van der Waals surface area contributed by atoms with Gasteiger partial charge in [0.25, 0.3) is 0 Å². The first-order chi connectivity index (χ1) is 15.1. The third kappa shape index (κ3) is 5.88. The summed E-state index contributed by atoms with van der Waals surface area (Å²) < 4.78 is 24.3. The molecule has 1 aliphatic rings. The molecule has 0 bridgehead atoms. The summed E-state index contributed by atoms with van der Waals surface area (Å²) in [5, 5.41) is 0. The summed E-state index contributed by atoms with van der Waals surface area (Å²) in [6.45, 7) is 6.69. The number of ether oxygens (including phenoxy) is 2. The predicted molar refractivity (Wildman–Crippen MR) is 127 cm³/mol. The fourth-order valence-electron chi connectivity index (χ4n) is 3.55. The lowest BCUT2D eigenvalue weighted by atomic mass is 10.0. The summed E-state index contributed by atoms with van der Waals surface area (Å²) in [4.78, 5) is 25.5. The lowest BCUT2D eigenvalue weighted by molar-refractivity contribution is -0.166. The molecule has 2 aromatic rings. The number of carbonyl (C=O) groups is 2. The Morgan fingerprint density at radius 3 is 2.34 bits per heavy atom. The van der Waals surface area contributed by atoms with Crippen LogP contribution in [-0.2, 0) is 19.1 Å². The van der Waals surface area contributed by atoms with Crippen molar-refractivity contribution in [3.8, 4) is 0 Å². The van der Waals surface area contributed by atoms with E-state index < -0.39 is 24.1 Å². The standard InChI is InChI=1S/C26H27FO4S/c1-16-21(12-17-6-9-19(32-5)10-7-17)20-11-8-18(27)13-23(20)22(16)14-24(28)30-15-25(29)31-26(2,3)4/h6-13H,14-15H2,1-5H3/b21-12-.